The fourth-order valence-corrected chi connectivity index (χ4v) is 3.28. The molecular weight excluding hydrogens is 401 g/mol. The number of para-hydroxylation sites is 1. The summed E-state index contributed by atoms with van der Waals surface area (Å²) in [5.74, 6) is 0.926. The minimum Gasteiger partial charge on any atom is -0.489 e. The first kappa shape index (κ1) is 23.4. The van der Waals surface area contributed by atoms with Crippen molar-refractivity contribution in [3.63, 3.8) is 0 Å². The van der Waals surface area contributed by atoms with Gasteiger partial charge in [0.25, 0.3) is 0 Å². The second-order valence-corrected chi connectivity index (χ2v) is 6.85. The van der Waals surface area contributed by atoms with Gasteiger partial charge in [0, 0.05) is 42.3 Å². The lowest BCUT2D eigenvalue weighted by atomic mass is 10.1. The molecule has 0 unspecified atom stereocenters. The lowest BCUT2D eigenvalue weighted by Gasteiger charge is -2.18. The summed E-state index contributed by atoms with van der Waals surface area (Å²) in [5.41, 5.74) is 9.09. The predicted molar refractivity (Wildman–Crippen MR) is 118 cm³/mol. The molecule has 0 radical (unpaired) electrons. The van der Waals surface area contributed by atoms with Crippen molar-refractivity contribution in [3.05, 3.63) is 71.2 Å². The van der Waals surface area contributed by atoms with Gasteiger partial charge in [0.1, 0.15) is 17.4 Å². The number of hydrogen-bond acceptors (Lipinski definition) is 5. The number of hydrogen-bond donors (Lipinski definition) is 1. The molecule has 2 aromatic carbocycles. The highest BCUT2D eigenvalue weighted by Crippen LogP contribution is 2.23. The Hall–Kier alpha value is -1.63. The Bertz CT molecular complexity index is 782. The van der Waals surface area contributed by atoms with Crippen LogP contribution in [0.25, 0.3) is 10.6 Å². The highest BCUT2D eigenvalue weighted by atomic mass is 35.5. The SMILES string of the molecule is CN(CCN)Cc1ccccc1OCc1ccc(-c2nccs2)cc1.Cl.Cl. The van der Waals surface area contributed by atoms with Crippen molar-refractivity contribution in [2.24, 2.45) is 5.73 Å². The molecule has 7 heteroatoms. The molecule has 0 atom stereocenters. The third-order valence-corrected chi connectivity index (χ3v) is 4.77. The highest BCUT2D eigenvalue weighted by Gasteiger charge is 2.07. The van der Waals surface area contributed by atoms with Crippen molar-refractivity contribution in [1.82, 2.24) is 9.88 Å². The third-order valence-electron chi connectivity index (χ3n) is 3.95. The van der Waals surface area contributed by atoms with E-state index >= 15 is 0 Å². The Kier molecular flexibility index (Phi) is 10.4. The number of rotatable bonds is 8. The molecule has 0 aliphatic heterocycles. The molecule has 0 saturated heterocycles. The lowest BCUT2D eigenvalue weighted by molar-refractivity contribution is 0.287. The first-order valence-corrected chi connectivity index (χ1v) is 9.22. The van der Waals surface area contributed by atoms with E-state index in [-0.39, 0.29) is 24.8 Å². The molecule has 0 amide bonds. The van der Waals surface area contributed by atoms with Crippen molar-refractivity contribution in [1.29, 1.82) is 0 Å². The zero-order valence-electron chi connectivity index (χ0n) is 15.2. The Morgan fingerprint density at radius 1 is 1.07 bits per heavy atom. The van der Waals surface area contributed by atoms with Gasteiger partial charge in [-0.25, -0.2) is 4.98 Å². The smallest absolute Gasteiger partial charge is 0.124 e. The van der Waals surface area contributed by atoms with E-state index in [0.29, 0.717) is 13.2 Å². The van der Waals surface area contributed by atoms with Gasteiger partial charge in [-0.05, 0) is 18.7 Å². The monoisotopic (exact) mass is 425 g/mol. The van der Waals surface area contributed by atoms with Crippen LogP contribution >= 0.6 is 36.2 Å². The standard InChI is InChI=1S/C20H23N3OS.2ClH/c1-23(12-10-21)14-18-4-2-3-5-19(18)24-15-16-6-8-17(9-7-16)20-22-11-13-25-20;;/h2-9,11,13H,10,12,14-15,21H2,1H3;2*1H. The summed E-state index contributed by atoms with van der Waals surface area (Å²) in [7, 11) is 2.07. The number of benzene rings is 2. The molecule has 0 fully saturated rings. The van der Waals surface area contributed by atoms with Gasteiger partial charge in [-0.2, -0.15) is 0 Å². The molecule has 4 nitrogen and oxygen atoms in total. The fourth-order valence-electron chi connectivity index (χ4n) is 2.64. The van der Waals surface area contributed by atoms with E-state index in [1.165, 1.54) is 5.56 Å². The largest absolute Gasteiger partial charge is 0.489 e. The molecule has 146 valence electrons. The van der Waals surface area contributed by atoms with Crippen molar-refractivity contribution in [2.75, 3.05) is 20.1 Å². The molecule has 3 rings (SSSR count). The predicted octanol–water partition coefficient (Wildman–Crippen LogP) is 4.62. The second kappa shape index (κ2) is 12.0. The number of nitrogens with two attached hydrogens (primary N) is 1. The Morgan fingerprint density at radius 3 is 2.48 bits per heavy atom. The first-order valence-electron chi connectivity index (χ1n) is 8.34. The van der Waals surface area contributed by atoms with Gasteiger partial charge >= 0.3 is 0 Å². The molecule has 0 spiro atoms. The summed E-state index contributed by atoms with van der Waals surface area (Å²) in [5, 5.41) is 3.03. The van der Waals surface area contributed by atoms with Crippen LogP contribution in [0.15, 0.2) is 60.1 Å². The summed E-state index contributed by atoms with van der Waals surface area (Å²) in [6.45, 7) is 2.91. The average molecular weight is 426 g/mol. The van der Waals surface area contributed by atoms with E-state index in [1.54, 1.807) is 11.3 Å². The summed E-state index contributed by atoms with van der Waals surface area (Å²) in [6, 6.07) is 16.6. The first-order chi connectivity index (χ1) is 12.3. The molecule has 1 aromatic heterocycles. The zero-order chi connectivity index (χ0) is 17.5. The van der Waals surface area contributed by atoms with E-state index < -0.39 is 0 Å². The molecule has 27 heavy (non-hydrogen) atoms. The van der Waals surface area contributed by atoms with Crippen molar-refractivity contribution in [2.45, 2.75) is 13.2 Å². The minimum atomic E-state index is 0. The van der Waals surface area contributed by atoms with Gasteiger partial charge in [-0.15, -0.1) is 36.2 Å². The normalized spacial score (nSPS) is 10.2. The lowest BCUT2D eigenvalue weighted by Crippen LogP contribution is -2.25. The van der Waals surface area contributed by atoms with Crippen LogP contribution in [0.2, 0.25) is 0 Å². The van der Waals surface area contributed by atoms with E-state index in [9.17, 15) is 0 Å². The number of likely N-dealkylation sites (N-methyl/N-ethyl adjacent to an activating group) is 1. The van der Waals surface area contributed by atoms with Gasteiger partial charge in [0.15, 0.2) is 0 Å². The maximum atomic E-state index is 6.06. The quantitative estimate of drug-likeness (QED) is 0.571. The summed E-state index contributed by atoms with van der Waals surface area (Å²) < 4.78 is 6.06. The van der Waals surface area contributed by atoms with Crippen molar-refractivity contribution in [3.8, 4) is 16.3 Å². The number of halogens is 2. The van der Waals surface area contributed by atoms with Gasteiger partial charge in [0.2, 0.25) is 0 Å². The molecule has 2 N–H and O–H groups in total. The summed E-state index contributed by atoms with van der Waals surface area (Å²) in [6.07, 6.45) is 1.83. The Morgan fingerprint density at radius 2 is 1.81 bits per heavy atom. The molecule has 0 aliphatic carbocycles. The fraction of sp³-hybridized carbons (Fsp3) is 0.250. The van der Waals surface area contributed by atoms with Gasteiger partial charge in [-0.3, -0.25) is 0 Å². The minimum absolute atomic E-state index is 0. The van der Waals surface area contributed by atoms with Crippen LogP contribution in [0, 0.1) is 0 Å². The van der Waals surface area contributed by atoms with E-state index in [1.807, 2.05) is 29.8 Å². The molecule has 0 bridgehead atoms. The third kappa shape index (κ3) is 6.79. The highest BCUT2D eigenvalue weighted by molar-refractivity contribution is 7.13. The molecule has 3 aromatic rings. The van der Waals surface area contributed by atoms with Crippen LogP contribution in [-0.2, 0) is 13.2 Å². The van der Waals surface area contributed by atoms with E-state index in [0.717, 1.165) is 35.0 Å². The number of nitrogens with zero attached hydrogens (tertiary/aromatic N) is 2. The number of aromatic nitrogens is 1. The van der Waals surface area contributed by atoms with Crippen LogP contribution in [0.5, 0.6) is 5.75 Å². The molecule has 1 heterocycles. The van der Waals surface area contributed by atoms with Crippen LogP contribution in [0.3, 0.4) is 0 Å². The summed E-state index contributed by atoms with van der Waals surface area (Å²) in [4.78, 5) is 6.54. The Labute approximate surface area is 177 Å². The van der Waals surface area contributed by atoms with E-state index in [2.05, 4.69) is 47.3 Å². The van der Waals surface area contributed by atoms with Crippen molar-refractivity contribution < 1.29 is 4.74 Å². The molecule has 0 saturated carbocycles. The molecule has 0 aliphatic rings. The van der Waals surface area contributed by atoms with Gasteiger partial charge in [-0.1, -0.05) is 42.5 Å². The van der Waals surface area contributed by atoms with E-state index in [4.69, 9.17) is 10.5 Å². The van der Waals surface area contributed by atoms with Crippen molar-refractivity contribution >= 4 is 36.2 Å². The molecular formula is C20H25Cl2N3OS. The van der Waals surface area contributed by atoms with Crippen LogP contribution in [0.4, 0.5) is 0 Å². The maximum absolute atomic E-state index is 6.06. The topological polar surface area (TPSA) is 51.4 Å². The van der Waals surface area contributed by atoms with Gasteiger partial charge in [0.05, 0.1) is 0 Å². The van der Waals surface area contributed by atoms with Crippen LogP contribution < -0.4 is 10.5 Å². The maximum Gasteiger partial charge on any atom is 0.124 e. The zero-order valence-corrected chi connectivity index (χ0v) is 17.7. The summed E-state index contributed by atoms with van der Waals surface area (Å²) >= 11 is 1.65. The Balaban J connectivity index is 0.00000182. The number of ether oxygens (including phenoxy) is 1. The second-order valence-electron chi connectivity index (χ2n) is 5.96. The van der Waals surface area contributed by atoms with Crippen LogP contribution in [-0.4, -0.2) is 30.0 Å². The van der Waals surface area contributed by atoms with Gasteiger partial charge < -0.3 is 15.4 Å². The number of thiazole rings is 1. The average Bonchev–Trinajstić information content (AvgIpc) is 3.16. The van der Waals surface area contributed by atoms with Crippen LogP contribution in [0.1, 0.15) is 11.1 Å².